The Kier molecular flexibility index (Phi) is 3.35. The Morgan fingerprint density at radius 3 is 2.64 bits per heavy atom. The second-order valence-corrected chi connectivity index (χ2v) is 2.80. The number of rotatable bonds is 1. The molecular formula is C11H8LiNO. The molecule has 2 N–H and O–H groups in total. The van der Waals surface area contributed by atoms with E-state index in [0.717, 1.165) is 10.8 Å². The zero-order chi connectivity index (χ0) is 9.26. The van der Waals surface area contributed by atoms with Crippen molar-refractivity contribution in [1.82, 2.24) is 0 Å². The summed E-state index contributed by atoms with van der Waals surface area (Å²) < 4.78 is 0. The first-order chi connectivity index (χ1) is 6.29. The molecule has 0 spiro atoms. The van der Waals surface area contributed by atoms with Gasteiger partial charge in [-0.15, -0.1) is 23.6 Å². The average molecular weight is 177 g/mol. The maximum absolute atomic E-state index is 11.0. The summed E-state index contributed by atoms with van der Waals surface area (Å²) in [6, 6.07) is 14.1. The van der Waals surface area contributed by atoms with E-state index in [2.05, 4.69) is 6.07 Å². The minimum Gasteiger partial charge on any atom is -0.404 e. The van der Waals surface area contributed by atoms with Gasteiger partial charge < -0.3 is 10.5 Å². The van der Waals surface area contributed by atoms with Crippen LogP contribution in [0.25, 0.3) is 10.8 Å². The van der Waals surface area contributed by atoms with Gasteiger partial charge in [-0.2, -0.15) is 0 Å². The zero-order valence-electron chi connectivity index (χ0n) is 7.95. The topological polar surface area (TPSA) is 43.1 Å². The van der Waals surface area contributed by atoms with E-state index in [1.807, 2.05) is 30.3 Å². The molecule has 64 valence electrons. The van der Waals surface area contributed by atoms with E-state index in [9.17, 15) is 4.79 Å². The van der Waals surface area contributed by atoms with Crippen LogP contribution in [0.5, 0.6) is 0 Å². The number of carbonyl (C=O) groups excluding carboxylic acids is 1. The van der Waals surface area contributed by atoms with Gasteiger partial charge in [0.15, 0.2) is 5.91 Å². The van der Waals surface area contributed by atoms with Gasteiger partial charge in [0.2, 0.25) is 0 Å². The number of primary amides is 1. The van der Waals surface area contributed by atoms with E-state index >= 15 is 0 Å². The van der Waals surface area contributed by atoms with E-state index in [4.69, 9.17) is 5.73 Å². The molecule has 2 aromatic carbocycles. The van der Waals surface area contributed by atoms with E-state index in [1.54, 1.807) is 6.07 Å². The van der Waals surface area contributed by atoms with Gasteiger partial charge in [0.05, 0.1) is 0 Å². The van der Waals surface area contributed by atoms with Gasteiger partial charge in [-0.25, -0.2) is 0 Å². The van der Waals surface area contributed by atoms with Crippen LogP contribution in [0.2, 0.25) is 0 Å². The normalized spacial score (nSPS) is 9.43. The first-order valence-electron chi connectivity index (χ1n) is 3.98. The van der Waals surface area contributed by atoms with Gasteiger partial charge in [0, 0.05) is 0 Å². The Bertz CT molecular complexity index is 462. The summed E-state index contributed by atoms with van der Waals surface area (Å²) in [6.07, 6.45) is 0. The predicted molar refractivity (Wildman–Crippen MR) is 51.3 cm³/mol. The van der Waals surface area contributed by atoms with Gasteiger partial charge in [0.25, 0.3) is 0 Å². The van der Waals surface area contributed by atoms with Crippen LogP contribution in [0.15, 0.2) is 36.4 Å². The molecular weight excluding hydrogens is 169 g/mol. The molecule has 0 aliphatic carbocycles. The van der Waals surface area contributed by atoms with Crippen LogP contribution in [-0.2, 0) is 0 Å². The van der Waals surface area contributed by atoms with Crippen LogP contribution in [-0.4, -0.2) is 5.91 Å². The molecule has 0 heterocycles. The zero-order valence-corrected chi connectivity index (χ0v) is 7.95. The summed E-state index contributed by atoms with van der Waals surface area (Å²) in [5.41, 5.74) is 5.67. The summed E-state index contributed by atoms with van der Waals surface area (Å²) in [5.74, 6) is -0.434. The van der Waals surface area contributed by atoms with Crippen LogP contribution in [0.3, 0.4) is 0 Å². The average Bonchev–Trinajstić information content (AvgIpc) is 2.17. The molecule has 0 aromatic heterocycles. The van der Waals surface area contributed by atoms with Crippen LogP contribution in [0, 0.1) is 6.07 Å². The van der Waals surface area contributed by atoms with Crippen molar-refractivity contribution in [1.29, 1.82) is 0 Å². The van der Waals surface area contributed by atoms with Crippen molar-refractivity contribution in [2.45, 2.75) is 0 Å². The SMILES string of the molecule is NC(=O)c1[c-]ccc2ccccc12.[Li+]. The molecule has 0 unspecified atom stereocenters. The fourth-order valence-corrected chi connectivity index (χ4v) is 1.37. The number of carbonyl (C=O) groups is 1. The van der Waals surface area contributed by atoms with Crippen molar-refractivity contribution in [2.24, 2.45) is 5.73 Å². The minimum atomic E-state index is -0.434. The Labute approximate surface area is 94.3 Å². The summed E-state index contributed by atoms with van der Waals surface area (Å²) in [5, 5.41) is 1.87. The number of hydrogen-bond donors (Lipinski definition) is 1. The maximum Gasteiger partial charge on any atom is 1.00 e. The van der Waals surface area contributed by atoms with Gasteiger partial charge in [-0.1, -0.05) is 35.2 Å². The molecule has 3 heteroatoms. The number of amides is 1. The van der Waals surface area contributed by atoms with E-state index in [1.165, 1.54) is 0 Å². The predicted octanol–water partition coefficient (Wildman–Crippen LogP) is -1.26. The maximum atomic E-state index is 11.0. The molecule has 0 saturated carbocycles. The van der Waals surface area contributed by atoms with Crippen molar-refractivity contribution in [3.05, 3.63) is 48.0 Å². The van der Waals surface area contributed by atoms with Crippen molar-refractivity contribution in [3.8, 4) is 0 Å². The number of hydrogen-bond acceptors (Lipinski definition) is 1. The molecule has 2 aromatic rings. The number of fused-ring (bicyclic) bond motifs is 1. The summed E-state index contributed by atoms with van der Waals surface area (Å²) in [7, 11) is 0. The van der Waals surface area contributed by atoms with Crippen LogP contribution in [0.4, 0.5) is 0 Å². The minimum absolute atomic E-state index is 0. The molecule has 0 bridgehead atoms. The quantitative estimate of drug-likeness (QED) is 0.429. The first kappa shape index (κ1) is 10.8. The monoisotopic (exact) mass is 177 g/mol. The standard InChI is InChI=1S/C11H8NO.Li/c12-11(13)10-7-3-5-8-4-1-2-6-9(8)10;/h1-6H,(H2,12,13);/q-1;+1. The smallest absolute Gasteiger partial charge is 0.404 e. The Morgan fingerprint density at radius 2 is 1.93 bits per heavy atom. The second-order valence-electron chi connectivity index (χ2n) is 2.80. The van der Waals surface area contributed by atoms with Crippen LogP contribution in [0.1, 0.15) is 10.4 Å². The van der Waals surface area contributed by atoms with Gasteiger partial charge in [-0.05, 0) is 0 Å². The second kappa shape index (κ2) is 4.32. The Hall–Kier alpha value is -1.23. The largest absolute Gasteiger partial charge is 1.00 e. The fourth-order valence-electron chi connectivity index (χ4n) is 1.37. The van der Waals surface area contributed by atoms with Crippen LogP contribution >= 0.6 is 0 Å². The third-order valence-electron chi connectivity index (χ3n) is 1.97. The third-order valence-corrected chi connectivity index (χ3v) is 1.97. The number of benzene rings is 2. The van der Waals surface area contributed by atoms with Crippen molar-refractivity contribution in [2.75, 3.05) is 0 Å². The molecule has 2 nitrogen and oxygen atoms in total. The van der Waals surface area contributed by atoms with Gasteiger partial charge >= 0.3 is 18.9 Å². The Morgan fingerprint density at radius 1 is 1.21 bits per heavy atom. The summed E-state index contributed by atoms with van der Waals surface area (Å²) >= 11 is 0. The fraction of sp³-hybridized carbons (Fsp3) is 0. The molecule has 2 rings (SSSR count). The van der Waals surface area contributed by atoms with Crippen LogP contribution < -0.4 is 24.6 Å². The molecule has 0 aliphatic rings. The van der Waals surface area contributed by atoms with Crippen molar-refractivity contribution < 1.29 is 23.7 Å². The van der Waals surface area contributed by atoms with Gasteiger partial charge in [0.1, 0.15) is 0 Å². The molecule has 0 saturated heterocycles. The number of nitrogens with two attached hydrogens (primary N) is 1. The molecule has 1 amide bonds. The molecule has 14 heavy (non-hydrogen) atoms. The molecule has 0 fully saturated rings. The Balaban J connectivity index is 0.000000980. The van der Waals surface area contributed by atoms with Gasteiger partial charge in [-0.3, -0.25) is 0 Å². The summed E-state index contributed by atoms with van der Waals surface area (Å²) in [4.78, 5) is 11.0. The first-order valence-corrected chi connectivity index (χ1v) is 3.98. The van der Waals surface area contributed by atoms with E-state index in [0.29, 0.717) is 5.56 Å². The molecule has 0 aliphatic heterocycles. The third kappa shape index (κ3) is 1.82. The van der Waals surface area contributed by atoms with Crippen molar-refractivity contribution in [3.63, 3.8) is 0 Å². The molecule has 0 radical (unpaired) electrons. The summed E-state index contributed by atoms with van der Waals surface area (Å²) in [6.45, 7) is 0. The molecule has 0 atom stereocenters. The van der Waals surface area contributed by atoms with E-state index < -0.39 is 5.91 Å². The van der Waals surface area contributed by atoms with Crippen molar-refractivity contribution >= 4 is 16.7 Å². The van der Waals surface area contributed by atoms with E-state index in [-0.39, 0.29) is 18.9 Å².